The van der Waals surface area contributed by atoms with Gasteiger partial charge in [0.1, 0.15) is 0 Å². The Morgan fingerprint density at radius 2 is 2.14 bits per heavy atom. The van der Waals surface area contributed by atoms with Crippen molar-refractivity contribution in [2.75, 3.05) is 6.54 Å². The second-order valence-corrected chi connectivity index (χ2v) is 6.37. The van der Waals surface area contributed by atoms with Gasteiger partial charge in [-0.15, -0.1) is 11.3 Å². The molecule has 0 saturated heterocycles. The topological polar surface area (TPSA) is 25.2 Å². The summed E-state index contributed by atoms with van der Waals surface area (Å²) in [5.41, 5.74) is 2.40. The lowest BCUT2D eigenvalue weighted by atomic mass is 10.0. The van der Waals surface area contributed by atoms with Gasteiger partial charge >= 0.3 is 0 Å². The smallest absolute Gasteiger partial charge is 0.197 e. The summed E-state index contributed by atoms with van der Waals surface area (Å²) >= 11 is 7.96. The van der Waals surface area contributed by atoms with E-state index < -0.39 is 0 Å². The Morgan fingerprint density at radius 3 is 2.90 bits per heavy atom. The first-order chi connectivity index (χ1) is 10.3. The first-order valence-electron chi connectivity index (χ1n) is 7.21. The van der Waals surface area contributed by atoms with Gasteiger partial charge in [-0.1, -0.05) is 25.1 Å². The van der Waals surface area contributed by atoms with Crippen LogP contribution in [0.2, 0.25) is 5.22 Å². The van der Waals surface area contributed by atoms with E-state index in [1.165, 1.54) is 15.6 Å². The highest BCUT2D eigenvalue weighted by atomic mass is 35.5. The molecule has 0 amide bonds. The fraction of sp³-hybridized carbons (Fsp3) is 0.294. The molecule has 0 bridgehead atoms. The van der Waals surface area contributed by atoms with Crippen LogP contribution < -0.4 is 5.32 Å². The number of hydrogen-bond acceptors (Lipinski definition) is 3. The Bertz CT molecular complexity index is 718. The highest BCUT2D eigenvalue weighted by Crippen LogP contribution is 2.32. The highest BCUT2D eigenvalue weighted by Gasteiger charge is 2.18. The third kappa shape index (κ3) is 3.15. The molecular formula is C17H18ClNOS. The van der Waals surface area contributed by atoms with Crippen molar-refractivity contribution >= 4 is 33.0 Å². The molecule has 3 rings (SSSR count). The first-order valence-corrected chi connectivity index (χ1v) is 8.46. The van der Waals surface area contributed by atoms with Crippen LogP contribution in [0.5, 0.6) is 0 Å². The monoisotopic (exact) mass is 319 g/mol. The SMILES string of the molecule is CCCNC(Cc1csc2ccccc12)c1ccoc1Cl. The van der Waals surface area contributed by atoms with E-state index in [2.05, 4.69) is 41.9 Å². The second-order valence-electron chi connectivity index (χ2n) is 5.12. The van der Waals surface area contributed by atoms with E-state index in [4.69, 9.17) is 16.0 Å². The van der Waals surface area contributed by atoms with Gasteiger partial charge in [-0.25, -0.2) is 0 Å². The molecule has 1 N–H and O–H groups in total. The van der Waals surface area contributed by atoms with Crippen LogP contribution in [-0.2, 0) is 6.42 Å². The zero-order chi connectivity index (χ0) is 14.7. The molecule has 0 saturated carbocycles. The van der Waals surface area contributed by atoms with Crippen LogP contribution >= 0.6 is 22.9 Å². The van der Waals surface area contributed by atoms with Crippen LogP contribution in [-0.4, -0.2) is 6.54 Å². The standard InChI is InChI=1S/C17H18ClNOS/c1-2-8-19-15(14-7-9-20-17(14)18)10-12-11-21-16-6-4-3-5-13(12)16/h3-7,9,11,15,19H,2,8,10H2,1H3. The molecule has 0 aliphatic carbocycles. The van der Waals surface area contributed by atoms with Gasteiger partial charge in [0.2, 0.25) is 0 Å². The van der Waals surface area contributed by atoms with Crippen LogP contribution in [0.15, 0.2) is 46.4 Å². The molecule has 21 heavy (non-hydrogen) atoms. The molecule has 2 aromatic heterocycles. The summed E-state index contributed by atoms with van der Waals surface area (Å²) in [5, 5.41) is 7.65. The summed E-state index contributed by atoms with van der Waals surface area (Å²) in [6, 6.07) is 10.7. The van der Waals surface area contributed by atoms with Crippen molar-refractivity contribution in [3.05, 3.63) is 58.3 Å². The van der Waals surface area contributed by atoms with Gasteiger partial charge < -0.3 is 9.73 Å². The number of nitrogens with one attached hydrogen (secondary N) is 1. The lowest BCUT2D eigenvalue weighted by Crippen LogP contribution is -2.23. The molecule has 0 aliphatic rings. The first kappa shape index (κ1) is 14.6. The van der Waals surface area contributed by atoms with Gasteiger partial charge in [-0.3, -0.25) is 0 Å². The van der Waals surface area contributed by atoms with Gasteiger partial charge in [0.25, 0.3) is 0 Å². The minimum atomic E-state index is 0.189. The van der Waals surface area contributed by atoms with Crippen LogP contribution in [0.4, 0.5) is 0 Å². The molecule has 0 aliphatic heterocycles. The van der Waals surface area contributed by atoms with E-state index in [0.717, 1.165) is 24.9 Å². The minimum Gasteiger partial charge on any atom is -0.453 e. The van der Waals surface area contributed by atoms with Crippen molar-refractivity contribution in [3.63, 3.8) is 0 Å². The average molecular weight is 320 g/mol. The summed E-state index contributed by atoms with van der Waals surface area (Å²) in [6.45, 7) is 3.13. The molecule has 1 unspecified atom stereocenters. The summed E-state index contributed by atoms with van der Waals surface area (Å²) in [6.07, 6.45) is 3.67. The fourth-order valence-corrected chi connectivity index (χ4v) is 3.80. The molecule has 2 heterocycles. The lowest BCUT2D eigenvalue weighted by molar-refractivity contribution is 0.514. The minimum absolute atomic E-state index is 0.189. The van der Waals surface area contributed by atoms with Crippen molar-refractivity contribution in [2.24, 2.45) is 0 Å². The zero-order valence-corrected chi connectivity index (χ0v) is 13.5. The van der Waals surface area contributed by atoms with E-state index in [9.17, 15) is 0 Å². The number of hydrogen-bond donors (Lipinski definition) is 1. The third-order valence-electron chi connectivity index (χ3n) is 3.65. The normalized spacial score (nSPS) is 12.9. The van der Waals surface area contributed by atoms with E-state index in [1.807, 2.05) is 6.07 Å². The number of halogens is 1. The maximum Gasteiger partial charge on any atom is 0.197 e. The summed E-state index contributed by atoms with van der Waals surface area (Å²) < 4.78 is 6.59. The number of benzene rings is 1. The quantitative estimate of drug-likeness (QED) is 0.655. The maximum atomic E-state index is 6.17. The predicted octanol–water partition coefficient (Wildman–Crippen LogP) is 5.43. The van der Waals surface area contributed by atoms with Gasteiger partial charge in [0.05, 0.1) is 6.26 Å². The Balaban J connectivity index is 1.89. The molecule has 0 fully saturated rings. The van der Waals surface area contributed by atoms with E-state index in [1.54, 1.807) is 17.6 Å². The molecule has 110 valence electrons. The van der Waals surface area contributed by atoms with Crippen LogP contribution in [0.25, 0.3) is 10.1 Å². The van der Waals surface area contributed by atoms with Crippen LogP contribution in [0.1, 0.15) is 30.5 Å². The zero-order valence-electron chi connectivity index (χ0n) is 11.9. The average Bonchev–Trinajstić information content (AvgIpc) is 3.10. The molecular weight excluding hydrogens is 302 g/mol. The van der Waals surface area contributed by atoms with Crippen molar-refractivity contribution in [1.82, 2.24) is 5.32 Å². The Kier molecular flexibility index (Phi) is 4.63. The summed E-state index contributed by atoms with van der Waals surface area (Å²) in [4.78, 5) is 0. The maximum absolute atomic E-state index is 6.17. The molecule has 1 aromatic carbocycles. The van der Waals surface area contributed by atoms with Crippen LogP contribution in [0.3, 0.4) is 0 Å². The van der Waals surface area contributed by atoms with Crippen molar-refractivity contribution in [1.29, 1.82) is 0 Å². The molecule has 1 atom stereocenters. The Hall–Kier alpha value is -1.29. The van der Waals surface area contributed by atoms with Crippen molar-refractivity contribution < 1.29 is 4.42 Å². The third-order valence-corrected chi connectivity index (χ3v) is 4.97. The Morgan fingerprint density at radius 1 is 1.29 bits per heavy atom. The Labute approximate surface area is 133 Å². The van der Waals surface area contributed by atoms with E-state index in [0.29, 0.717) is 5.22 Å². The second kappa shape index (κ2) is 6.65. The number of rotatable bonds is 6. The van der Waals surface area contributed by atoms with Gasteiger partial charge in [-0.05, 0) is 59.4 Å². The summed E-state index contributed by atoms with van der Waals surface area (Å²) in [5.74, 6) is 0. The molecule has 4 heteroatoms. The molecule has 3 aromatic rings. The summed E-state index contributed by atoms with van der Waals surface area (Å²) in [7, 11) is 0. The molecule has 2 nitrogen and oxygen atoms in total. The predicted molar refractivity (Wildman–Crippen MR) is 90.3 cm³/mol. The van der Waals surface area contributed by atoms with Crippen molar-refractivity contribution in [2.45, 2.75) is 25.8 Å². The van der Waals surface area contributed by atoms with Crippen LogP contribution in [0, 0.1) is 0 Å². The highest BCUT2D eigenvalue weighted by molar-refractivity contribution is 7.17. The largest absolute Gasteiger partial charge is 0.453 e. The van der Waals surface area contributed by atoms with Gasteiger partial charge in [0, 0.05) is 16.3 Å². The van der Waals surface area contributed by atoms with Gasteiger partial charge in [-0.2, -0.15) is 0 Å². The number of thiophene rings is 1. The lowest BCUT2D eigenvalue weighted by Gasteiger charge is -2.17. The number of fused-ring (bicyclic) bond motifs is 1. The number of furan rings is 1. The van der Waals surface area contributed by atoms with Crippen molar-refractivity contribution in [3.8, 4) is 0 Å². The molecule has 0 radical (unpaired) electrons. The molecule has 0 spiro atoms. The van der Waals surface area contributed by atoms with E-state index >= 15 is 0 Å². The fourth-order valence-electron chi connectivity index (χ4n) is 2.58. The van der Waals surface area contributed by atoms with Gasteiger partial charge in [0.15, 0.2) is 5.22 Å². The van der Waals surface area contributed by atoms with E-state index in [-0.39, 0.29) is 6.04 Å².